The van der Waals surface area contributed by atoms with Crippen LogP contribution in [0.1, 0.15) is 74.8 Å². The molecular formula is C37H46N6O4. The van der Waals surface area contributed by atoms with Crippen molar-refractivity contribution in [3.8, 4) is 0 Å². The molecule has 0 atom stereocenters. The molecule has 2 aliphatic heterocycles. The quantitative estimate of drug-likeness (QED) is 0.297. The molecule has 10 heteroatoms. The molecule has 1 fully saturated rings. The van der Waals surface area contributed by atoms with Crippen LogP contribution in [-0.2, 0) is 45.1 Å². The minimum Gasteiger partial charge on any atom is -0.343 e. The van der Waals surface area contributed by atoms with E-state index < -0.39 is 5.41 Å². The highest BCUT2D eigenvalue weighted by molar-refractivity contribution is 5.96. The molecule has 3 aromatic rings. The number of nitrogens with zero attached hydrogens (tertiary/aromatic N) is 3. The number of aromatic nitrogens is 1. The first-order chi connectivity index (χ1) is 22.6. The summed E-state index contributed by atoms with van der Waals surface area (Å²) in [6.07, 6.45) is 4.17. The summed E-state index contributed by atoms with van der Waals surface area (Å²) in [5.74, 6) is 0.0428. The maximum absolute atomic E-state index is 14.5. The fourth-order valence-electron chi connectivity index (χ4n) is 6.57. The van der Waals surface area contributed by atoms with E-state index in [1.807, 2.05) is 55.5 Å². The second kappa shape index (κ2) is 14.9. The van der Waals surface area contributed by atoms with Crippen molar-refractivity contribution in [1.82, 2.24) is 20.1 Å². The fraction of sp³-hybridized carbons (Fsp3) is 0.432. The molecule has 248 valence electrons. The first-order valence-electron chi connectivity index (χ1n) is 16.6. The number of benzene rings is 2. The van der Waals surface area contributed by atoms with Gasteiger partial charge in [0.15, 0.2) is 0 Å². The Balaban J connectivity index is 1.38. The number of amides is 4. The highest BCUT2D eigenvalue weighted by Gasteiger charge is 2.43. The van der Waals surface area contributed by atoms with Crippen LogP contribution in [-0.4, -0.2) is 64.1 Å². The summed E-state index contributed by atoms with van der Waals surface area (Å²) in [6, 6.07) is 17.7. The highest BCUT2D eigenvalue weighted by atomic mass is 16.2. The van der Waals surface area contributed by atoms with Crippen LogP contribution >= 0.6 is 0 Å². The molecule has 0 spiro atoms. The molecule has 2 aromatic carbocycles. The molecule has 4 amide bonds. The van der Waals surface area contributed by atoms with Gasteiger partial charge in [-0.2, -0.15) is 0 Å². The number of fused-ring (bicyclic) bond motifs is 2. The molecule has 3 N–H and O–H groups in total. The third-order valence-corrected chi connectivity index (χ3v) is 9.47. The molecule has 0 saturated carbocycles. The Kier molecular flexibility index (Phi) is 10.7. The number of carbonyl (C=O) groups is 4. The summed E-state index contributed by atoms with van der Waals surface area (Å²) in [7, 11) is 0. The van der Waals surface area contributed by atoms with Crippen molar-refractivity contribution >= 4 is 35.1 Å². The average Bonchev–Trinajstić information content (AvgIpc) is 3.04. The van der Waals surface area contributed by atoms with Crippen molar-refractivity contribution in [2.75, 3.05) is 30.3 Å². The minimum atomic E-state index is -0.654. The Morgan fingerprint density at radius 2 is 1.72 bits per heavy atom. The van der Waals surface area contributed by atoms with E-state index in [1.54, 1.807) is 22.9 Å². The summed E-state index contributed by atoms with van der Waals surface area (Å²) < 4.78 is 0. The Labute approximate surface area is 277 Å². The Bertz CT molecular complexity index is 1630. The summed E-state index contributed by atoms with van der Waals surface area (Å²) >= 11 is 0. The molecule has 0 unspecified atom stereocenters. The van der Waals surface area contributed by atoms with Gasteiger partial charge in [0.05, 0.1) is 11.8 Å². The number of hydrogen-bond donors (Lipinski definition) is 3. The van der Waals surface area contributed by atoms with E-state index in [4.69, 9.17) is 0 Å². The lowest BCUT2D eigenvalue weighted by Crippen LogP contribution is -2.52. The summed E-state index contributed by atoms with van der Waals surface area (Å²) in [6.45, 7) is 9.62. The zero-order valence-electron chi connectivity index (χ0n) is 27.9. The van der Waals surface area contributed by atoms with Crippen LogP contribution < -0.4 is 16.0 Å². The monoisotopic (exact) mass is 638 g/mol. The van der Waals surface area contributed by atoms with Crippen LogP contribution in [0.25, 0.3) is 0 Å². The van der Waals surface area contributed by atoms with Crippen molar-refractivity contribution in [2.45, 2.75) is 78.9 Å². The molecular weight excluding hydrogens is 592 g/mol. The zero-order chi connectivity index (χ0) is 33.6. The largest absolute Gasteiger partial charge is 0.343 e. The number of hydrogen-bond acceptors (Lipinski definition) is 6. The Morgan fingerprint density at radius 3 is 2.43 bits per heavy atom. The van der Waals surface area contributed by atoms with Gasteiger partial charge < -0.3 is 25.8 Å². The summed E-state index contributed by atoms with van der Waals surface area (Å²) in [5.41, 5.74) is 4.73. The molecule has 5 rings (SSSR count). The van der Waals surface area contributed by atoms with E-state index in [0.717, 1.165) is 27.8 Å². The van der Waals surface area contributed by atoms with Gasteiger partial charge in [-0.25, -0.2) is 4.98 Å². The first-order valence-corrected chi connectivity index (χ1v) is 16.6. The summed E-state index contributed by atoms with van der Waals surface area (Å²) in [5, 5.41) is 9.35. The first kappa shape index (κ1) is 33.8. The molecule has 1 aromatic heterocycles. The van der Waals surface area contributed by atoms with E-state index in [1.165, 1.54) is 0 Å². The Morgan fingerprint density at radius 1 is 0.979 bits per heavy atom. The van der Waals surface area contributed by atoms with Gasteiger partial charge in [-0.05, 0) is 65.3 Å². The molecule has 1 saturated heterocycles. The normalized spacial score (nSPS) is 15.5. The molecule has 0 aliphatic carbocycles. The van der Waals surface area contributed by atoms with Gasteiger partial charge >= 0.3 is 0 Å². The number of piperidine rings is 1. The van der Waals surface area contributed by atoms with Crippen molar-refractivity contribution in [1.29, 1.82) is 0 Å². The number of pyridine rings is 1. The Hall–Kier alpha value is -4.57. The van der Waals surface area contributed by atoms with Crippen LogP contribution in [0.15, 0.2) is 60.8 Å². The van der Waals surface area contributed by atoms with E-state index in [2.05, 4.69) is 40.8 Å². The maximum atomic E-state index is 14.5. The van der Waals surface area contributed by atoms with Gasteiger partial charge in [0.2, 0.25) is 23.6 Å². The van der Waals surface area contributed by atoms with Crippen LogP contribution in [0.4, 0.5) is 11.5 Å². The maximum Gasteiger partial charge on any atom is 0.244 e. The lowest BCUT2D eigenvalue weighted by molar-refractivity contribution is -0.150. The lowest BCUT2D eigenvalue weighted by atomic mass is 9.74. The zero-order valence-corrected chi connectivity index (χ0v) is 27.9. The van der Waals surface area contributed by atoms with Crippen molar-refractivity contribution in [2.24, 2.45) is 5.41 Å². The highest BCUT2D eigenvalue weighted by Crippen LogP contribution is 2.37. The molecule has 47 heavy (non-hydrogen) atoms. The van der Waals surface area contributed by atoms with Gasteiger partial charge in [-0.3, -0.25) is 19.2 Å². The van der Waals surface area contributed by atoms with Gasteiger partial charge in [0, 0.05) is 57.4 Å². The van der Waals surface area contributed by atoms with Crippen molar-refractivity contribution < 1.29 is 19.2 Å². The molecule has 0 radical (unpaired) electrons. The van der Waals surface area contributed by atoms with E-state index in [9.17, 15) is 19.2 Å². The molecule has 3 heterocycles. The van der Waals surface area contributed by atoms with Gasteiger partial charge in [0.25, 0.3) is 0 Å². The van der Waals surface area contributed by atoms with Crippen LogP contribution in [0.3, 0.4) is 0 Å². The second-order valence-corrected chi connectivity index (χ2v) is 13.1. The number of nitrogens with one attached hydrogen (secondary N) is 3. The standard InChI is InChI=1S/C37H46N6O4/c1-5-37(14-17-42(18-15-37)26(4)44)36(47)43(23-30-10-7-6-9-29(30)22-39-25(2)3)24-34(46)40-32-13-12-27-19-28-11-8-16-38-35(28)41-33(45)21-31(27)20-32/h6-13,16,20,25,39H,5,14-15,17-19,21-24H2,1-4H3,(H,40,46)(H,38,41,45). The number of rotatable bonds is 10. The number of carbonyl (C=O) groups excluding carboxylic acids is 4. The average molecular weight is 639 g/mol. The topological polar surface area (TPSA) is 124 Å². The van der Waals surface area contributed by atoms with E-state index >= 15 is 0 Å². The van der Waals surface area contributed by atoms with Crippen molar-refractivity contribution in [3.63, 3.8) is 0 Å². The van der Waals surface area contributed by atoms with Crippen LogP contribution in [0.2, 0.25) is 0 Å². The van der Waals surface area contributed by atoms with Crippen LogP contribution in [0, 0.1) is 5.41 Å². The van der Waals surface area contributed by atoms with Crippen LogP contribution in [0.5, 0.6) is 0 Å². The lowest BCUT2D eigenvalue weighted by Gasteiger charge is -2.42. The van der Waals surface area contributed by atoms with E-state index in [-0.39, 0.29) is 43.1 Å². The van der Waals surface area contributed by atoms with Gasteiger partial charge in [-0.1, -0.05) is 57.2 Å². The smallest absolute Gasteiger partial charge is 0.244 e. The second-order valence-electron chi connectivity index (χ2n) is 13.1. The van der Waals surface area contributed by atoms with E-state index in [0.29, 0.717) is 62.9 Å². The molecule has 2 aliphatic rings. The van der Waals surface area contributed by atoms with Crippen molar-refractivity contribution in [3.05, 3.63) is 88.6 Å². The van der Waals surface area contributed by atoms with Gasteiger partial charge in [0.1, 0.15) is 12.4 Å². The summed E-state index contributed by atoms with van der Waals surface area (Å²) in [4.78, 5) is 60.8. The SMILES string of the molecule is CCC1(C(=O)N(CC(=O)Nc2ccc3c(c2)CC(=O)Nc2ncccc2C3)Cc2ccccc2CNC(C)C)CCN(C(C)=O)CC1. The number of likely N-dealkylation sites (tertiary alicyclic amines) is 1. The minimum absolute atomic E-state index is 0.0136. The number of anilines is 2. The molecule has 0 bridgehead atoms. The molecule has 10 nitrogen and oxygen atoms in total. The third kappa shape index (κ3) is 8.24. The predicted molar refractivity (Wildman–Crippen MR) is 182 cm³/mol. The predicted octanol–water partition coefficient (Wildman–Crippen LogP) is 4.67. The fourth-order valence-corrected chi connectivity index (χ4v) is 6.57. The third-order valence-electron chi connectivity index (χ3n) is 9.47. The van der Waals surface area contributed by atoms with Gasteiger partial charge in [-0.15, -0.1) is 0 Å².